The van der Waals surface area contributed by atoms with E-state index in [1.807, 2.05) is 31.2 Å². The van der Waals surface area contributed by atoms with Crippen LogP contribution in [0, 0.1) is 24.4 Å². The van der Waals surface area contributed by atoms with Gasteiger partial charge in [0.2, 0.25) is 5.91 Å². The Hall–Kier alpha value is -2.54. The number of likely N-dealkylation sites (N-methyl/N-ethyl adjacent to an activating group) is 1. The molecule has 0 heterocycles. The number of anilines is 1. The van der Waals surface area contributed by atoms with Crippen LogP contribution in [-0.2, 0) is 4.79 Å². The van der Waals surface area contributed by atoms with Crippen LogP contribution in [0.5, 0.6) is 5.75 Å². The minimum Gasteiger partial charge on any atom is -0.494 e. The summed E-state index contributed by atoms with van der Waals surface area (Å²) in [5.41, 5.74) is 0.728. The number of ether oxygens (including phenoxy) is 1. The highest BCUT2D eigenvalue weighted by Gasteiger charge is 2.15. The van der Waals surface area contributed by atoms with Gasteiger partial charge in [0.05, 0.1) is 18.8 Å². The molecule has 140 valence electrons. The van der Waals surface area contributed by atoms with Crippen molar-refractivity contribution >= 4 is 11.6 Å². The van der Waals surface area contributed by atoms with Gasteiger partial charge in [-0.05, 0) is 50.2 Å². The van der Waals surface area contributed by atoms with E-state index in [1.165, 1.54) is 0 Å². The molecule has 0 radical (unpaired) electrons. The molecule has 0 aliphatic heterocycles. The molecule has 0 unspecified atom stereocenters. The summed E-state index contributed by atoms with van der Waals surface area (Å²) in [6.45, 7) is 3.05. The summed E-state index contributed by atoms with van der Waals surface area (Å²) in [6.07, 6.45) is 0.692. The van der Waals surface area contributed by atoms with Crippen molar-refractivity contribution in [2.45, 2.75) is 13.3 Å². The number of aryl methyl sites for hydroxylation is 1. The highest BCUT2D eigenvalue weighted by molar-refractivity contribution is 5.92. The van der Waals surface area contributed by atoms with Gasteiger partial charge < -0.3 is 10.1 Å². The summed E-state index contributed by atoms with van der Waals surface area (Å²) in [7, 11) is 1.73. The Morgan fingerprint density at radius 2 is 1.92 bits per heavy atom. The zero-order valence-electron chi connectivity index (χ0n) is 14.7. The Kier molecular flexibility index (Phi) is 7.03. The monoisotopic (exact) mass is 366 g/mol. The van der Waals surface area contributed by atoms with E-state index in [9.17, 15) is 18.0 Å². The molecule has 2 aromatic carbocycles. The van der Waals surface area contributed by atoms with Crippen molar-refractivity contribution in [1.82, 2.24) is 4.90 Å². The Morgan fingerprint density at radius 3 is 2.65 bits per heavy atom. The summed E-state index contributed by atoms with van der Waals surface area (Å²) in [6, 6.07) is 9.46. The Bertz CT molecular complexity index is 768. The SMILES string of the molecule is Cc1cccc(OCCCN(C)CC(=O)Nc2ccc(F)c(F)c2F)c1. The molecule has 4 nitrogen and oxygen atoms in total. The number of nitrogens with zero attached hydrogens (tertiary/aromatic N) is 1. The van der Waals surface area contributed by atoms with Gasteiger partial charge in [0.25, 0.3) is 0 Å². The van der Waals surface area contributed by atoms with Crippen LogP contribution in [0.1, 0.15) is 12.0 Å². The number of benzene rings is 2. The summed E-state index contributed by atoms with van der Waals surface area (Å²) in [5.74, 6) is -4.04. The van der Waals surface area contributed by atoms with Crippen molar-refractivity contribution in [3.8, 4) is 5.75 Å². The van der Waals surface area contributed by atoms with Crippen LogP contribution in [0.3, 0.4) is 0 Å². The first-order valence-corrected chi connectivity index (χ1v) is 8.18. The fourth-order valence-corrected chi connectivity index (χ4v) is 2.37. The number of hydrogen-bond donors (Lipinski definition) is 1. The molecule has 0 aromatic heterocycles. The maximum atomic E-state index is 13.5. The van der Waals surface area contributed by atoms with E-state index in [-0.39, 0.29) is 12.2 Å². The standard InChI is InChI=1S/C19H21F3N2O2/c1-13-5-3-6-14(11-13)26-10-4-9-24(2)12-17(25)23-16-8-7-15(20)18(21)19(16)22/h3,5-8,11H,4,9-10,12H2,1-2H3,(H,23,25). The predicted octanol–water partition coefficient (Wildman–Crippen LogP) is 3.75. The Labute approximate surface area is 150 Å². The topological polar surface area (TPSA) is 41.6 Å². The molecule has 0 spiro atoms. The van der Waals surface area contributed by atoms with Gasteiger partial charge in [-0.25, -0.2) is 13.2 Å². The van der Waals surface area contributed by atoms with Crippen molar-refractivity contribution < 1.29 is 22.7 Å². The summed E-state index contributed by atoms with van der Waals surface area (Å²) >= 11 is 0. The van der Waals surface area contributed by atoms with E-state index in [0.29, 0.717) is 19.6 Å². The van der Waals surface area contributed by atoms with Crippen molar-refractivity contribution in [2.75, 3.05) is 32.1 Å². The molecule has 26 heavy (non-hydrogen) atoms. The number of amides is 1. The van der Waals surface area contributed by atoms with E-state index in [4.69, 9.17) is 4.74 Å². The molecule has 0 saturated carbocycles. The molecule has 2 aromatic rings. The molecule has 0 saturated heterocycles. The number of nitrogens with one attached hydrogen (secondary N) is 1. The van der Waals surface area contributed by atoms with Gasteiger partial charge in [-0.15, -0.1) is 0 Å². The summed E-state index contributed by atoms with van der Waals surface area (Å²) in [5, 5.41) is 2.24. The Balaban J connectivity index is 1.73. The lowest BCUT2D eigenvalue weighted by molar-refractivity contribution is -0.117. The fraction of sp³-hybridized carbons (Fsp3) is 0.316. The van der Waals surface area contributed by atoms with Crippen LogP contribution >= 0.6 is 0 Å². The number of carbonyl (C=O) groups excluding carboxylic acids is 1. The number of hydrogen-bond acceptors (Lipinski definition) is 3. The zero-order valence-corrected chi connectivity index (χ0v) is 14.7. The Morgan fingerprint density at radius 1 is 1.15 bits per heavy atom. The second-order valence-electron chi connectivity index (χ2n) is 6.03. The molecule has 1 N–H and O–H groups in total. The van der Waals surface area contributed by atoms with Crippen molar-refractivity contribution in [3.05, 3.63) is 59.4 Å². The molecule has 0 aliphatic carbocycles. The molecular weight excluding hydrogens is 345 g/mol. The lowest BCUT2D eigenvalue weighted by atomic mass is 10.2. The first-order chi connectivity index (χ1) is 12.4. The van der Waals surface area contributed by atoms with E-state index >= 15 is 0 Å². The third-order valence-electron chi connectivity index (χ3n) is 3.67. The van der Waals surface area contributed by atoms with Gasteiger partial charge >= 0.3 is 0 Å². The minimum atomic E-state index is -1.61. The van der Waals surface area contributed by atoms with Gasteiger partial charge in [0.1, 0.15) is 5.75 Å². The highest BCUT2D eigenvalue weighted by atomic mass is 19.2. The van der Waals surface area contributed by atoms with Gasteiger partial charge in [-0.2, -0.15) is 0 Å². The molecular formula is C19H21F3N2O2. The number of rotatable bonds is 8. The van der Waals surface area contributed by atoms with E-state index in [1.54, 1.807) is 11.9 Å². The van der Waals surface area contributed by atoms with Crippen LogP contribution in [0.25, 0.3) is 0 Å². The van der Waals surface area contributed by atoms with E-state index in [2.05, 4.69) is 5.32 Å². The first-order valence-electron chi connectivity index (χ1n) is 8.18. The second kappa shape index (κ2) is 9.24. The molecule has 1 amide bonds. The van der Waals surface area contributed by atoms with Crippen LogP contribution in [-0.4, -0.2) is 37.6 Å². The fourth-order valence-electron chi connectivity index (χ4n) is 2.37. The number of halogens is 3. The van der Waals surface area contributed by atoms with Crippen molar-refractivity contribution in [1.29, 1.82) is 0 Å². The zero-order chi connectivity index (χ0) is 19.1. The second-order valence-corrected chi connectivity index (χ2v) is 6.03. The van der Waals surface area contributed by atoms with E-state index in [0.717, 1.165) is 23.4 Å². The third kappa shape index (κ3) is 5.77. The maximum absolute atomic E-state index is 13.5. The average Bonchev–Trinajstić information content (AvgIpc) is 2.59. The van der Waals surface area contributed by atoms with Crippen LogP contribution in [0.15, 0.2) is 36.4 Å². The largest absolute Gasteiger partial charge is 0.494 e. The normalized spacial score (nSPS) is 10.8. The molecule has 0 aliphatic rings. The van der Waals surface area contributed by atoms with Gasteiger partial charge in [0.15, 0.2) is 17.5 Å². The summed E-state index contributed by atoms with van der Waals surface area (Å²) < 4.78 is 45.2. The lowest BCUT2D eigenvalue weighted by Gasteiger charge is -2.16. The smallest absolute Gasteiger partial charge is 0.238 e. The predicted molar refractivity (Wildman–Crippen MR) is 93.7 cm³/mol. The minimum absolute atomic E-state index is 0.0110. The lowest BCUT2D eigenvalue weighted by Crippen LogP contribution is -2.31. The van der Waals surface area contributed by atoms with Gasteiger partial charge in [0, 0.05) is 6.54 Å². The molecule has 0 atom stereocenters. The molecule has 0 bridgehead atoms. The van der Waals surface area contributed by atoms with Crippen LogP contribution in [0.2, 0.25) is 0 Å². The quantitative estimate of drug-likeness (QED) is 0.571. The van der Waals surface area contributed by atoms with E-state index < -0.39 is 23.4 Å². The average molecular weight is 366 g/mol. The maximum Gasteiger partial charge on any atom is 0.238 e. The molecule has 7 heteroatoms. The van der Waals surface area contributed by atoms with Crippen LogP contribution < -0.4 is 10.1 Å². The summed E-state index contributed by atoms with van der Waals surface area (Å²) in [4.78, 5) is 13.6. The number of carbonyl (C=O) groups is 1. The van der Waals surface area contributed by atoms with Crippen LogP contribution in [0.4, 0.5) is 18.9 Å². The molecule has 0 fully saturated rings. The third-order valence-corrected chi connectivity index (χ3v) is 3.67. The van der Waals surface area contributed by atoms with Crippen molar-refractivity contribution in [2.24, 2.45) is 0 Å². The van der Waals surface area contributed by atoms with Gasteiger partial charge in [-0.3, -0.25) is 9.69 Å². The molecule has 2 rings (SSSR count). The first kappa shape index (κ1) is 19.8. The van der Waals surface area contributed by atoms with Crippen molar-refractivity contribution in [3.63, 3.8) is 0 Å². The highest BCUT2D eigenvalue weighted by Crippen LogP contribution is 2.19. The van der Waals surface area contributed by atoms with Gasteiger partial charge in [-0.1, -0.05) is 12.1 Å².